The van der Waals surface area contributed by atoms with Crippen LogP contribution >= 0.6 is 0 Å². The first-order chi connectivity index (χ1) is 6.57. The lowest BCUT2D eigenvalue weighted by molar-refractivity contribution is 0.114. The minimum absolute atomic E-state index is 0.360. The SMILES string of the molecule is CC(C)(C)[C@H]1[C@@H]2CN(C(C)(C)C)C[C@]12C. The van der Waals surface area contributed by atoms with Crippen LogP contribution < -0.4 is 0 Å². The second-order valence-corrected chi connectivity index (χ2v) is 8.01. The highest BCUT2D eigenvalue weighted by Gasteiger charge is 2.69. The highest BCUT2D eigenvalue weighted by Crippen LogP contribution is 2.69. The fourth-order valence-electron chi connectivity index (χ4n) is 4.01. The maximum absolute atomic E-state index is 2.67. The summed E-state index contributed by atoms with van der Waals surface area (Å²) in [7, 11) is 0. The first-order valence-electron chi connectivity index (χ1n) is 6.32. The maximum atomic E-state index is 2.67. The number of rotatable bonds is 0. The molecule has 1 heteroatoms. The van der Waals surface area contributed by atoms with E-state index in [1.54, 1.807) is 0 Å². The van der Waals surface area contributed by atoms with E-state index in [1.807, 2.05) is 0 Å². The molecule has 1 heterocycles. The number of hydrogen-bond acceptors (Lipinski definition) is 1. The number of piperidine rings is 1. The van der Waals surface area contributed by atoms with E-state index in [9.17, 15) is 0 Å². The zero-order valence-corrected chi connectivity index (χ0v) is 11.5. The Hall–Kier alpha value is -0.0400. The van der Waals surface area contributed by atoms with Crippen molar-refractivity contribution in [2.75, 3.05) is 13.1 Å². The lowest BCUT2D eigenvalue weighted by Crippen LogP contribution is -2.43. The van der Waals surface area contributed by atoms with Gasteiger partial charge in [0.05, 0.1) is 0 Å². The Labute approximate surface area is 95.2 Å². The van der Waals surface area contributed by atoms with Crippen LogP contribution in [-0.2, 0) is 0 Å². The van der Waals surface area contributed by atoms with Gasteiger partial charge in [-0.25, -0.2) is 0 Å². The minimum Gasteiger partial charge on any atom is -0.298 e. The Morgan fingerprint density at radius 1 is 1.07 bits per heavy atom. The van der Waals surface area contributed by atoms with Crippen molar-refractivity contribution >= 4 is 0 Å². The van der Waals surface area contributed by atoms with Crippen molar-refractivity contribution in [3.05, 3.63) is 0 Å². The normalized spacial score (nSPS) is 41.8. The van der Waals surface area contributed by atoms with E-state index < -0.39 is 0 Å². The predicted molar refractivity (Wildman–Crippen MR) is 65.9 cm³/mol. The summed E-state index contributed by atoms with van der Waals surface area (Å²) in [6.07, 6.45) is 0. The van der Waals surface area contributed by atoms with Gasteiger partial charge in [0.25, 0.3) is 0 Å². The van der Waals surface area contributed by atoms with Crippen molar-refractivity contribution in [3.63, 3.8) is 0 Å². The largest absolute Gasteiger partial charge is 0.298 e. The third-order valence-corrected chi connectivity index (χ3v) is 4.68. The van der Waals surface area contributed by atoms with Crippen LogP contribution in [0.5, 0.6) is 0 Å². The Morgan fingerprint density at radius 2 is 1.60 bits per heavy atom. The molecular formula is C14H27N. The summed E-state index contributed by atoms with van der Waals surface area (Å²) in [5.41, 5.74) is 1.48. The molecule has 1 aliphatic carbocycles. The molecule has 1 saturated carbocycles. The first-order valence-corrected chi connectivity index (χ1v) is 6.32. The van der Waals surface area contributed by atoms with E-state index in [-0.39, 0.29) is 0 Å². The van der Waals surface area contributed by atoms with Gasteiger partial charge in [0.2, 0.25) is 0 Å². The highest BCUT2D eigenvalue weighted by molar-refractivity contribution is 5.18. The van der Waals surface area contributed by atoms with Crippen molar-refractivity contribution in [1.29, 1.82) is 0 Å². The standard InChI is InChI=1S/C14H27N/c1-12(2,3)11-10-8-15(13(4,5)6)9-14(10,11)7/h10-11H,8-9H2,1-7H3/t10-,11+,14-/m0/s1. The molecular weight excluding hydrogens is 182 g/mol. The fraction of sp³-hybridized carbons (Fsp3) is 1.00. The Kier molecular flexibility index (Phi) is 2.13. The molecule has 2 aliphatic rings. The lowest BCUT2D eigenvalue weighted by Gasteiger charge is -2.36. The maximum Gasteiger partial charge on any atom is 0.0125 e. The Bertz CT molecular complexity index is 268. The van der Waals surface area contributed by atoms with Gasteiger partial charge in [0.1, 0.15) is 0 Å². The van der Waals surface area contributed by atoms with Gasteiger partial charge in [-0.15, -0.1) is 0 Å². The van der Waals surface area contributed by atoms with Crippen molar-refractivity contribution < 1.29 is 0 Å². The first kappa shape index (κ1) is 11.4. The third kappa shape index (κ3) is 1.63. The van der Waals surface area contributed by atoms with Crippen molar-refractivity contribution in [2.45, 2.75) is 54.0 Å². The molecule has 15 heavy (non-hydrogen) atoms. The van der Waals surface area contributed by atoms with Gasteiger partial charge in [0.15, 0.2) is 0 Å². The molecule has 0 unspecified atom stereocenters. The Balaban J connectivity index is 2.07. The fourth-order valence-corrected chi connectivity index (χ4v) is 4.01. The van der Waals surface area contributed by atoms with Crippen LogP contribution in [-0.4, -0.2) is 23.5 Å². The highest BCUT2D eigenvalue weighted by atomic mass is 15.2. The summed E-state index contributed by atoms with van der Waals surface area (Å²) >= 11 is 0. The van der Waals surface area contributed by atoms with Crippen LogP contribution in [0.4, 0.5) is 0 Å². The number of fused-ring (bicyclic) bond motifs is 1. The van der Waals surface area contributed by atoms with Gasteiger partial charge in [-0.05, 0) is 43.4 Å². The minimum atomic E-state index is 0.360. The zero-order chi connectivity index (χ0) is 11.6. The Morgan fingerprint density at radius 3 is 1.87 bits per heavy atom. The molecule has 0 bridgehead atoms. The molecule has 2 rings (SSSR count). The van der Waals surface area contributed by atoms with E-state index >= 15 is 0 Å². The predicted octanol–water partition coefficient (Wildman–Crippen LogP) is 3.40. The molecule has 0 aromatic heterocycles. The lowest BCUT2D eigenvalue weighted by atomic mass is 9.84. The molecule has 0 spiro atoms. The average molecular weight is 209 g/mol. The molecule has 0 N–H and O–H groups in total. The molecule has 0 aromatic carbocycles. The van der Waals surface area contributed by atoms with E-state index in [0.717, 1.165) is 11.8 Å². The zero-order valence-electron chi connectivity index (χ0n) is 11.5. The number of nitrogens with zero attached hydrogens (tertiary/aromatic N) is 1. The third-order valence-electron chi connectivity index (χ3n) is 4.68. The van der Waals surface area contributed by atoms with E-state index in [4.69, 9.17) is 0 Å². The summed E-state index contributed by atoms with van der Waals surface area (Å²) in [5.74, 6) is 1.90. The quantitative estimate of drug-likeness (QED) is 0.591. The molecule has 1 nitrogen and oxygen atoms in total. The van der Waals surface area contributed by atoms with Crippen LogP contribution in [0.15, 0.2) is 0 Å². The van der Waals surface area contributed by atoms with E-state index in [1.165, 1.54) is 13.1 Å². The van der Waals surface area contributed by atoms with Gasteiger partial charge >= 0.3 is 0 Å². The van der Waals surface area contributed by atoms with Gasteiger partial charge in [0, 0.05) is 18.6 Å². The van der Waals surface area contributed by atoms with Crippen LogP contribution in [0.1, 0.15) is 48.5 Å². The van der Waals surface area contributed by atoms with Crippen molar-refractivity contribution in [2.24, 2.45) is 22.7 Å². The van der Waals surface area contributed by atoms with Gasteiger partial charge in [-0.2, -0.15) is 0 Å². The summed E-state index contributed by atoms with van der Waals surface area (Å²) in [5, 5.41) is 0. The van der Waals surface area contributed by atoms with Crippen molar-refractivity contribution in [1.82, 2.24) is 4.90 Å². The molecule has 2 fully saturated rings. The van der Waals surface area contributed by atoms with Gasteiger partial charge in [-0.1, -0.05) is 27.7 Å². The van der Waals surface area contributed by atoms with E-state index in [2.05, 4.69) is 53.4 Å². The van der Waals surface area contributed by atoms with Gasteiger partial charge < -0.3 is 0 Å². The molecule has 88 valence electrons. The van der Waals surface area contributed by atoms with Crippen molar-refractivity contribution in [3.8, 4) is 0 Å². The summed E-state index contributed by atoms with van der Waals surface area (Å²) < 4.78 is 0. The smallest absolute Gasteiger partial charge is 0.0125 e. The monoisotopic (exact) mass is 209 g/mol. The second-order valence-electron chi connectivity index (χ2n) is 8.01. The topological polar surface area (TPSA) is 3.24 Å². The van der Waals surface area contributed by atoms with E-state index in [0.29, 0.717) is 16.4 Å². The molecule has 0 aromatic rings. The molecule has 1 saturated heterocycles. The molecule has 0 amide bonds. The molecule has 1 aliphatic heterocycles. The summed E-state index contributed by atoms with van der Waals surface area (Å²) in [6, 6.07) is 0. The average Bonchev–Trinajstić information content (AvgIpc) is 2.38. The van der Waals surface area contributed by atoms with Crippen LogP contribution in [0.25, 0.3) is 0 Å². The summed E-state index contributed by atoms with van der Waals surface area (Å²) in [6.45, 7) is 19.4. The number of likely N-dealkylation sites (tertiary alicyclic amines) is 1. The molecule has 0 radical (unpaired) electrons. The summed E-state index contributed by atoms with van der Waals surface area (Å²) in [4.78, 5) is 2.67. The van der Waals surface area contributed by atoms with Crippen LogP contribution in [0, 0.1) is 22.7 Å². The van der Waals surface area contributed by atoms with Crippen LogP contribution in [0.2, 0.25) is 0 Å². The number of hydrogen-bond donors (Lipinski definition) is 0. The second kappa shape index (κ2) is 2.80. The van der Waals surface area contributed by atoms with Gasteiger partial charge in [-0.3, -0.25) is 4.90 Å². The molecule has 3 atom stereocenters. The van der Waals surface area contributed by atoms with Crippen LogP contribution in [0.3, 0.4) is 0 Å².